The number of nitrogens with one attached hydrogen (secondary N) is 1. The summed E-state index contributed by atoms with van der Waals surface area (Å²) >= 11 is 1.26. The van der Waals surface area contributed by atoms with Gasteiger partial charge in [0.2, 0.25) is 5.91 Å². The van der Waals surface area contributed by atoms with Crippen molar-refractivity contribution in [1.82, 2.24) is 15.0 Å². The first-order valence-electron chi connectivity index (χ1n) is 11.0. The van der Waals surface area contributed by atoms with Gasteiger partial charge in [-0.3, -0.25) is 9.78 Å². The number of amides is 1. The van der Waals surface area contributed by atoms with Crippen molar-refractivity contribution in [2.24, 2.45) is 0 Å². The van der Waals surface area contributed by atoms with Crippen molar-refractivity contribution in [3.05, 3.63) is 66.2 Å². The number of nitrogens with zero attached hydrogens (tertiary/aromatic N) is 3. The minimum absolute atomic E-state index is 0.154. The number of carbonyl (C=O) groups excluding carboxylic acids is 1. The van der Waals surface area contributed by atoms with Crippen LogP contribution in [0.2, 0.25) is 0 Å². The van der Waals surface area contributed by atoms with Crippen LogP contribution in [-0.2, 0) is 11.2 Å². The molecule has 2 aromatic heterocycles. The van der Waals surface area contributed by atoms with Crippen LogP contribution in [0.5, 0.6) is 23.0 Å². The zero-order chi connectivity index (χ0) is 25.5. The first-order chi connectivity index (χ1) is 17.6. The zero-order valence-corrected chi connectivity index (χ0v) is 21.2. The van der Waals surface area contributed by atoms with Crippen LogP contribution in [0, 0.1) is 0 Å². The van der Waals surface area contributed by atoms with Crippen molar-refractivity contribution in [3.8, 4) is 23.0 Å². The lowest BCUT2D eigenvalue weighted by Gasteiger charge is -2.17. The Bertz CT molecular complexity index is 1370. The van der Waals surface area contributed by atoms with E-state index >= 15 is 0 Å². The maximum absolute atomic E-state index is 12.8. The molecule has 2 aromatic carbocycles. The summed E-state index contributed by atoms with van der Waals surface area (Å²) < 4.78 is 21.9. The largest absolute Gasteiger partial charge is 0.493 e. The SMILES string of the molecule is COc1cc(Cc2nccc3cc(OC)c(OC)cc23)c(NC(=O)CSc2ncccn2)cc1OC. The number of benzene rings is 2. The van der Waals surface area contributed by atoms with Gasteiger partial charge in [-0.25, -0.2) is 9.97 Å². The molecule has 4 rings (SSSR count). The van der Waals surface area contributed by atoms with Gasteiger partial charge in [-0.15, -0.1) is 0 Å². The van der Waals surface area contributed by atoms with Gasteiger partial charge in [0.05, 0.1) is 39.9 Å². The molecule has 0 fully saturated rings. The number of anilines is 1. The molecule has 36 heavy (non-hydrogen) atoms. The van der Waals surface area contributed by atoms with E-state index in [1.54, 1.807) is 59.2 Å². The number of aromatic nitrogens is 3. The molecule has 1 N–H and O–H groups in total. The van der Waals surface area contributed by atoms with E-state index in [1.165, 1.54) is 11.8 Å². The van der Waals surface area contributed by atoms with E-state index in [0.717, 1.165) is 22.0 Å². The highest BCUT2D eigenvalue weighted by Crippen LogP contribution is 2.37. The maximum atomic E-state index is 12.8. The maximum Gasteiger partial charge on any atom is 0.234 e. The third-order valence-electron chi connectivity index (χ3n) is 5.47. The van der Waals surface area contributed by atoms with Gasteiger partial charge < -0.3 is 24.3 Å². The van der Waals surface area contributed by atoms with Gasteiger partial charge in [-0.05, 0) is 41.3 Å². The standard InChI is InChI=1S/C26H26N4O5S/c1-32-21-11-16-6-9-27-20(18(16)13-23(21)34-3)10-17-12-22(33-2)24(35-4)14-19(17)30-25(31)15-36-26-28-7-5-8-29-26/h5-9,11-14H,10,15H2,1-4H3,(H,30,31). The van der Waals surface area contributed by atoms with Crippen molar-refractivity contribution >= 4 is 34.1 Å². The molecule has 0 aliphatic heterocycles. The summed E-state index contributed by atoms with van der Waals surface area (Å²) in [6, 6.07) is 11.1. The van der Waals surface area contributed by atoms with Crippen molar-refractivity contribution < 1.29 is 23.7 Å². The molecule has 1 amide bonds. The van der Waals surface area contributed by atoms with Gasteiger partial charge in [0.15, 0.2) is 28.2 Å². The quantitative estimate of drug-likeness (QED) is 0.248. The molecule has 0 saturated carbocycles. The molecule has 4 aromatic rings. The summed E-state index contributed by atoms with van der Waals surface area (Å²) in [6.45, 7) is 0. The van der Waals surface area contributed by atoms with E-state index in [1.807, 2.05) is 24.3 Å². The molecule has 186 valence electrons. The molecule has 0 atom stereocenters. The van der Waals surface area contributed by atoms with E-state index in [4.69, 9.17) is 18.9 Å². The summed E-state index contributed by atoms with van der Waals surface area (Å²) in [6.07, 6.45) is 5.46. The lowest BCUT2D eigenvalue weighted by molar-refractivity contribution is -0.113. The smallest absolute Gasteiger partial charge is 0.234 e. The van der Waals surface area contributed by atoms with E-state index in [-0.39, 0.29) is 11.7 Å². The van der Waals surface area contributed by atoms with Crippen LogP contribution < -0.4 is 24.3 Å². The van der Waals surface area contributed by atoms with E-state index < -0.39 is 0 Å². The Morgan fingerprint density at radius 2 is 1.47 bits per heavy atom. The van der Waals surface area contributed by atoms with Crippen LogP contribution in [0.15, 0.2) is 60.1 Å². The van der Waals surface area contributed by atoms with Crippen molar-refractivity contribution in [2.75, 3.05) is 39.5 Å². The average Bonchev–Trinajstić information content (AvgIpc) is 2.92. The second kappa shape index (κ2) is 11.6. The van der Waals surface area contributed by atoms with Gasteiger partial charge in [0.25, 0.3) is 0 Å². The predicted octanol–water partition coefficient (Wildman–Crippen LogP) is 4.38. The number of pyridine rings is 1. The van der Waals surface area contributed by atoms with Gasteiger partial charge >= 0.3 is 0 Å². The number of methoxy groups -OCH3 is 4. The predicted molar refractivity (Wildman–Crippen MR) is 139 cm³/mol. The minimum Gasteiger partial charge on any atom is -0.493 e. The Labute approximate surface area is 213 Å². The Hall–Kier alpha value is -4.05. The number of hydrogen-bond acceptors (Lipinski definition) is 9. The molecule has 0 spiro atoms. The minimum atomic E-state index is -0.196. The first-order valence-corrected chi connectivity index (χ1v) is 12.0. The summed E-state index contributed by atoms with van der Waals surface area (Å²) in [5, 5.41) is 5.40. The molecule has 0 unspecified atom stereocenters. The molecule has 2 heterocycles. The summed E-state index contributed by atoms with van der Waals surface area (Å²) in [4.78, 5) is 25.7. The van der Waals surface area contributed by atoms with Gasteiger partial charge in [-0.2, -0.15) is 0 Å². The van der Waals surface area contributed by atoms with Crippen LogP contribution in [0.4, 0.5) is 5.69 Å². The number of rotatable bonds is 10. The van der Waals surface area contributed by atoms with E-state index in [9.17, 15) is 4.79 Å². The number of hydrogen-bond donors (Lipinski definition) is 1. The molecular formula is C26H26N4O5S. The van der Waals surface area contributed by atoms with Crippen LogP contribution in [0.3, 0.4) is 0 Å². The lowest BCUT2D eigenvalue weighted by Crippen LogP contribution is -2.16. The molecule has 0 aliphatic carbocycles. The fourth-order valence-corrected chi connectivity index (χ4v) is 4.34. The molecule has 0 aliphatic rings. The molecule has 0 radical (unpaired) electrons. The first kappa shape index (κ1) is 25.1. The Balaban J connectivity index is 1.67. The lowest BCUT2D eigenvalue weighted by atomic mass is 10.0. The van der Waals surface area contributed by atoms with Crippen molar-refractivity contribution in [2.45, 2.75) is 11.6 Å². The Morgan fingerprint density at radius 3 is 2.17 bits per heavy atom. The molecule has 9 nitrogen and oxygen atoms in total. The molecular weight excluding hydrogens is 480 g/mol. The second-order valence-electron chi connectivity index (χ2n) is 7.60. The van der Waals surface area contributed by atoms with E-state index in [2.05, 4.69) is 20.3 Å². The average molecular weight is 507 g/mol. The highest BCUT2D eigenvalue weighted by molar-refractivity contribution is 7.99. The van der Waals surface area contributed by atoms with Crippen molar-refractivity contribution in [1.29, 1.82) is 0 Å². The van der Waals surface area contributed by atoms with Crippen molar-refractivity contribution in [3.63, 3.8) is 0 Å². The molecule has 0 saturated heterocycles. The van der Waals surface area contributed by atoms with E-state index in [0.29, 0.717) is 40.3 Å². The van der Waals surface area contributed by atoms with Gasteiger partial charge in [-0.1, -0.05) is 11.8 Å². The topological polar surface area (TPSA) is 105 Å². The monoisotopic (exact) mass is 506 g/mol. The summed E-state index contributed by atoms with van der Waals surface area (Å²) in [5.41, 5.74) is 2.23. The number of fused-ring (bicyclic) bond motifs is 1. The fraction of sp³-hybridized carbons (Fsp3) is 0.231. The highest BCUT2D eigenvalue weighted by Gasteiger charge is 2.17. The Kier molecular flexibility index (Phi) is 8.06. The number of thioether (sulfide) groups is 1. The Morgan fingerprint density at radius 1 is 0.833 bits per heavy atom. The molecule has 10 heteroatoms. The summed E-state index contributed by atoms with van der Waals surface area (Å²) in [5.74, 6) is 2.27. The third kappa shape index (κ3) is 5.60. The highest BCUT2D eigenvalue weighted by atomic mass is 32.2. The fourth-order valence-electron chi connectivity index (χ4n) is 3.74. The van der Waals surface area contributed by atoms with Crippen LogP contribution in [0.25, 0.3) is 10.8 Å². The summed E-state index contributed by atoms with van der Waals surface area (Å²) in [7, 11) is 6.33. The van der Waals surface area contributed by atoms with Crippen LogP contribution >= 0.6 is 11.8 Å². The zero-order valence-electron chi connectivity index (χ0n) is 20.4. The van der Waals surface area contributed by atoms with Crippen LogP contribution in [0.1, 0.15) is 11.3 Å². The second-order valence-corrected chi connectivity index (χ2v) is 8.54. The normalized spacial score (nSPS) is 10.7. The van der Waals surface area contributed by atoms with Gasteiger partial charge in [0, 0.05) is 42.2 Å². The molecule has 0 bridgehead atoms. The third-order valence-corrected chi connectivity index (χ3v) is 6.34. The number of carbonyl (C=O) groups is 1. The van der Waals surface area contributed by atoms with Gasteiger partial charge in [0.1, 0.15) is 0 Å². The number of ether oxygens (including phenoxy) is 4. The van der Waals surface area contributed by atoms with Crippen LogP contribution in [-0.4, -0.2) is 55.1 Å².